The molecule has 0 aliphatic carbocycles. The highest BCUT2D eigenvalue weighted by atomic mass is 16.2. The third-order valence-corrected chi connectivity index (χ3v) is 4.08. The number of hydrogen-bond acceptors (Lipinski definition) is 2. The average molecular weight is 298 g/mol. The van der Waals surface area contributed by atoms with Crippen LogP contribution in [0.4, 0.5) is 0 Å². The zero-order chi connectivity index (χ0) is 16.2. The normalized spacial score (nSPS) is 11.6. The van der Waals surface area contributed by atoms with Gasteiger partial charge in [0.1, 0.15) is 0 Å². The molecule has 1 amide bonds. The maximum atomic E-state index is 12.3. The summed E-state index contributed by atoms with van der Waals surface area (Å²) in [5, 5.41) is 2.46. The van der Waals surface area contributed by atoms with Crippen LogP contribution in [0.1, 0.15) is 25.8 Å². The molecule has 2 aromatic carbocycles. The van der Waals surface area contributed by atoms with E-state index in [2.05, 4.69) is 44.2 Å². The van der Waals surface area contributed by atoms with E-state index in [9.17, 15) is 4.79 Å². The second-order valence-corrected chi connectivity index (χ2v) is 6.80. The first-order valence-electron chi connectivity index (χ1n) is 7.83. The molecule has 0 aromatic heterocycles. The average Bonchev–Trinajstić information content (AvgIpc) is 2.52. The van der Waals surface area contributed by atoms with E-state index in [1.54, 1.807) is 4.90 Å². The number of carbonyl (C=O) groups excluding carboxylic acids is 1. The van der Waals surface area contributed by atoms with Gasteiger partial charge in [0.15, 0.2) is 0 Å². The minimum atomic E-state index is -0.0344. The maximum Gasteiger partial charge on any atom is 0.222 e. The van der Waals surface area contributed by atoms with Crippen molar-refractivity contribution in [2.45, 2.75) is 26.7 Å². The van der Waals surface area contributed by atoms with Crippen molar-refractivity contribution in [3.8, 4) is 0 Å². The van der Waals surface area contributed by atoms with Gasteiger partial charge in [-0.1, -0.05) is 56.3 Å². The Morgan fingerprint density at radius 2 is 1.82 bits per heavy atom. The molecule has 3 nitrogen and oxygen atoms in total. The number of rotatable bonds is 6. The van der Waals surface area contributed by atoms with Gasteiger partial charge in [-0.15, -0.1) is 0 Å². The second kappa shape index (κ2) is 6.93. The van der Waals surface area contributed by atoms with Crippen LogP contribution in [0, 0.1) is 5.41 Å². The predicted octanol–water partition coefficient (Wildman–Crippen LogP) is 3.22. The Hall–Kier alpha value is -1.87. The number of hydrogen-bond donors (Lipinski definition) is 1. The highest BCUT2D eigenvalue weighted by molar-refractivity contribution is 5.83. The van der Waals surface area contributed by atoms with Gasteiger partial charge in [-0.25, -0.2) is 0 Å². The fraction of sp³-hybridized carbons (Fsp3) is 0.421. The van der Waals surface area contributed by atoms with Crippen molar-refractivity contribution < 1.29 is 4.79 Å². The maximum absolute atomic E-state index is 12.3. The van der Waals surface area contributed by atoms with Crippen molar-refractivity contribution in [3.05, 3.63) is 48.0 Å². The zero-order valence-electron chi connectivity index (χ0n) is 13.8. The summed E-state index contributed by atoms with van der Waals surface area (Å²) in [6.45, 7) is 5.44. The summed E-state index contributed by atoms with van der Waals surface area (Å²) < 4.78 is 0. The largest absolute Gasteiger partial charge is 0.345 e. The molecule has 0 atom stereocenters. The van der Waals surface area contributed by atoms with Gasteiger partial charge >= 0.3 is 0 Å². The van der Waals surface area contributed by atoms with E-state index < -0.39 is 0 Å². The van der Waals surface area contributed by atoms with Crippen LogP contribution in [0.25, 0.3) is 10.8 Å². The van der Waals surface area contributed by atoms with Crippen molar-refractivity contribution in [1.82, 2.24) is 4.90 Å². The van der Waals surface area contributed by atoms with Crippen LogP contribution in [0.15, 0.2) is 42.5 Å². The number of benzene rings is 2. The second-order valence-electron chi connectivity index (χ2n) is 6.80. The van der Waals surface area contributed by atoms with E-state index in [0.29, 0.717) is 19.5 Å². The van der Waals surface area contributed by atoms with Crippen LogP contribution >= 0.6 is 0 Å². The van der Waals surface area contributed by atoms with Gasteiger partial charge < -0.3 is 10.6 Å². The van der Waals surface area contributed by atoms with E-state index in [1.807, 2.05) is 19.2 Å². The molecule has 0 saturated heterocycles. The molecule has 3 heteroatoms. The van der Waals surface area contributed by atoms with E-state index >= 15 is 0 Å². The van der Waals surface area contributed by atoms with Crippen molar-refractivity contribution in [2.24, 2.45) is 11.1 Å². The predicted molar refractivity (Wildman–Crippen MR) is 92.7 cm³/mol. The van der Waals surface area contributed by atoms with Gasteiger partial charge in [-0.2, -0.15) is 0 Å². The van der Waals surface area contributed by atoms with E-state index in [4.69, 9.17) is 5.73 Å². The lowest BCUT2D eigenvalue weighted by atomic mass is 9.93. The fourth-order valence-electron chi connectivity index (χ4n) is 2.63. The first-order valence-corrected chi connectivity index (χ1v) is 7.83. The van der Waals surface area contributed by atoms with Crippen molar-refractivity contribution >= 4 is 16.7 Å². The summed E-state index contributed by atoms with van der Waals surface area (Å²) in [4.78, 5) is 14.1. The summed E-state index contributed by atoms with van der Waals surface area (Å²) in [6.07, 6.45) is 1.31. The molecule has 118 valence electrons. The molecule has 2 aromatic rings. The van der Waals surface area contributed by atoms with E-state index in [0.717, 1.165) is 6.42 Å². The van der Waals surface area contributed by atoms with Crippen LogP contribution in [-0.2, 0) is 11.2 Å². The molecule has 0 unspecified atom stereocenters. The van der Waals surface area contributed by atoms with Crippen LogP contribution < -0.4 is 5.73 Å². The molecular weight excluding hydrogens is 272 g/mol. The SMILES string of the molecule is CN(CC(C)(C)CN)C(=O)CCc1ccc2ccccc2c1. The van der Waals surface area contributed by atoms with Crippen LogP contribution in [0.5, 0.6) is 0 Å². The highest BCUT2D eigenvalue weighted by Gasteiger charge is 2.20. The number of carbonyl (C=O) groups is 1. The zero-order valence-corrected chi connectivity index (χ0v) is 13.8. The van der Waals surface area contributed by atoms with Gasteiger partial charge in [0.05, 0.1) is 0 Å². The van der Waals surface area contributed by atoms with Gasteiger partial charge in [0.2, 0.25) is 5.91 Å². The molecule has 0 spiro atoms. The molecule has 0 saturated carbocycles. The molecule has 0 aliphatic rings. The van der Waals surface area contributed by atoms with E-state index in [1.165, 1.54) is 16.3 Å². The number of amides is 1. The molecular formula is C19H26N2O. The molecule has 2 N–H and O–H groups in total. The Kier molecular flexibility index (Phi) is 5.19. The number of aryl methyl sites for hydroxylation is 1. The smallest absolute Gasteiger partial charge is 0.222 e. The molecule has 0 bridgehead atoms. The third kappa shape index (κ3) is 4.31. The topological polar surface area (TPSA) is 46.3 Å². The standard InChI is InChI=1S/C19H26N2O/c1-19(2,13-20)14-21(3)18(22)11-9-15-8-10-16-6-4-5-7-17(16)12-15/h4-8,10,12H,9,11,13-14,20H2,1-3H3. The summed E-state index contributed by atoms with van der Waals surface area (Å²) in [6, 6.07) is 14.7. The van der Waals surface area contributed by atoms with E-state index in [-0.39, 0.29) is 11.3 Å². The van der Waals surface area contributed by atoms with Gasteiger partial charge in [-0.05, 0) is 34.7 Å². The number of fused-ring (bicyclic) bond motifs is 1. The minimum absolute atomic E-state index is 0.0344. The molecule has 0 aliphatic heterocycles. The Labute approximate surface area is 133 Å². The summed E-state index contributed by atoms with van der Waals surface area (Å²) >= 11 is 0. The quantitative estimate of drug-likeness (QED) is 0.890. The first-order chi connectivity index (χ1) is 10.4. The highest BCUT2D eigenvalue weighted by Crippen LogP contribution is 2.18. The fourth-order valence-corrected chi connectivity index (χ4v) is 2.63. The van der Waals surface area contributed by atoms with Gasteiger partial charge in [0, 0.05) is 20.0 Å². The lowest BCUT2D eigenvalue weighted by Crippen LogP contribution is -2.39. The summed E-state index contributed by atoms with van der Waals surface area (Å²) in [5.41, 5.74) is 6.91. The van der Waals surface area contributed by atoms with Crippen molar-refractivity contribution in [3.63, 3.8) is 0 Å². The van der Waals surface area contributed by atoms with Crippen molar-refractivity contribution in [2.75, 3.05) is 20.1 Å². The third-order valence-electron chi connectivity index (χ3n) is 4.08. The minimum Gasteiger partial charge on any atom is -0.345 e. The Balaban J connectivity index is 1.94. The lowest BCUT2D eigenvalue weighted by Gasteiger charge is -2.29. The van der Waals surface area contributed by atoms with Crippen LogP contribution in [0.3, 0.4) is 0 Å². The van der Waals surface area contributed by atoms with Gasteiger partial charge in [0.25, 0.3) is 0 Å². The van der Waals surface area contributed by atoms with Gasteiger partial charge in [-0.3, -0.25) is 4.79 Å². The molecule has 0 heterocycles. The monoisotopic (exact) mass is 298 g/mol. The first kappa shape index (κ1) is 16.5. The van der Waals surface area contributed by atoms with Crippen molar-refractivity contribution in [1.29, 1.82) is 0 Å². The summed E-state index contributed by atoms with van der Waals surface area (Å²) in [5.74, 6) is 0.176. The summed E-state index contributed by atoms with van der Waals surface area (Å²) in [7, 11) is 1.86. The molecule has 2 rings (SSSR count). The number of nitrogens with zero attached hydrogens (tertiary/aromatic N) is 1. The Morgan fingerprint density at radius 3 is 2.50 bits per heavy atom. The molecule has 22 heavy (non-hydrogen) atoms. The Bertz CT molecular complexity index is 649. The van der Waals surface area contributed by atoms with Crippen LogP contribution in [-0.4, -0.2) is 30.9 Å². The molecule has 0 radical (unpaired) electrons. The number of nitrogens with two attached hydrogens (primary N) is 1. The Morgan fingerprint density at radius 1 is 1.14 bits per heavy atom. The van der Waals surface area contributed by atoms with Crippen LogP contribution in [0.2, 0.25) is 0 Å². The molecule has 0 fully saturated rings. The lowest BCUT2D eigenvalue weighted by molar-refractivity contribution is -0.131.